The number of unbranched alkanes of at least 4 members (excludes halogenated alkanes) is 1. The molecule has 1 atom stereocenters. The maximum Gasteiger partial charge on any atom is 0.303 e. The molecule has 0 radical (unpaired) electrons. The summed E-state index contributed by atoms with van der Waals surface area (Å²) < 4.78 is 0. The molecule has 0 bridgehead atoms. The summed E-state index contributed by atoms with van der Waals surface area (Å²) in [6, 6.07) is 0. The summed E-state index contributed by atoms with van der Waals surface area (Å²) in [5.41, 5.74) is -0.0553. The molecular formula is C13H26O2. The van der Waals surface area contributed by atoms with Crippen molar-refractivity contribution in [2.75, 3.05) is 0 Å². The number of hydrogen-bond donors (Lipinski definition) is 1. The molecule has 0 aliphatic carbocycles. The van der Waals surface area contributed by atoms with E-state index >= 15 is 0 Å². The van der Waals surface area contributed by atoms with Crippen LogP contribution < -0.4 is 0 Å². The molecule has 2 nitrogen and oxygen atoms in total. The zero-order chi connectivity index (χ0) is 11.9. The molecule has 0 aromatic carbocycles. The predicted octanol–water partition coefficient (Wildman–Crippen LogP) is 4.09. The van der Waals surface area contributed by atoms with Crippen molar-refractivity contribution in [2.24, 2.45) is 11.3 Å². The second-order valence-electron chi connectivity index (χ2n) is 5.36. The van der Waals surface area contributed by atoms with Crippen LogP contribution in [0.3, 0.4) is 0 Å². The van der Waals surface area contributed by atoms with E-state index in [2.05, 4.69) is 27.7 Å². The first kappa shape index (κ1) is 14.5. The van der Waals surface area contributed by atoms with E-state index in [4.69, 9.17) is 5.11 Å². The highest BCUT2D eigenvalue weighted by molar-refractivity contribution is 5.67. The van der Waals surface area contributed by atoms with Gasteiger partial charge in [0.05, 0.1) is 6.42 Å². The van der Waals surface area contributed by atoms with Gasteiger partial charge in [0.2, 0.25) is 0 Å². The van der Waals surface area contributed by atoms with Crippen molar-refractivity contribution in [1.29, 1.82) is 0 Å². The van der Waals surface area contributed by atoms with Gasteiger partial charge in [0.15, 0.2) is 0 Å². The molecule has 1 unspecified atom stereocenters. The lowest BCUT2D eigenvalue weighted by Crippen LogP contribution is -2.20. The molecule has 0 saturated carbocycles. The molecule has 0 rings (SSSR count). The van der Waals surface area contributed by atoms with Gasteiger partial charge in [0, 0.05) is 0 Å². The Bertz CT molecular complexity index is 185. The second kappa shape index (κ2) is 6.86. The zero-order valence-corrected chi connectivity index (χ0v) is 10.7. The van der Waals surface area contributed by atoms with Crippen LogP contribution in [0.4, 0.5) is 0 Å². The normalized spacial score (nSPS) is 13.9. The Balaban J connectivity index is 4.07. The molecule has 0 amide bonds. The van der Waals surface area contributed by atoms with Crippen LogP contribution in [0.2, 0.25) is 0 Å². The Kier molecular flexibility index (Phi) is 6.62. The van der Waals surface area contributed by atoms with Crippen LogP contribution >= 0.6 is 0 Å². The van der Waals surface area contributed by atoms with Gasteiger partial charge < -0.3 is 5.11 Å². The summed E-state index contributed by atoms with van der Waals surface area (Å²) in [7, 11) is 0. The fraction of sp³-hybridized carbons (Fsp3) is 0.923. The standard InChI is InChI=1S/C13H26O2/c1-5-7-8-11(6-2)9-13(3,4)10-12(14)15/h11H,5-10H2,1-4H3,(H,14,15). The summed E-state index contributed by atoms with van der Waals surface area (Å²) in [5.74, 6) is 0.0182. The van der Waals surface area contributed by atoms with Crippen LogP contribution in [0.25, 0.3) is 0 Å². The number of carbonyl (C=O) groups is 1. The third-order valence-electron chi connectivity index (χ3n) is 3.01. The molecule has 0 heterocycles. The molecule has 15 heavy (non-hydrogen) atoms. The van der Waals surface area contributed by atoms with Gasteiger partial charge in [0.25, 0.3) is 0 Å². The molecule has 0 aliphatic heterocycles. The van der Waals surface area contributed by atoms with E-state index in [-0.39, 0.29) is 11.8 Å². The van der Waals surface area contributed by atoms with Gasteiger partial charge in [-0.3, -0.25) is 4.79 Å². The van der Waals surface area contributed by atoms with Crippen molar-refractivity contribution >= 4 is 5.97 Å². The minimum atomic E-state index is -0.676. The van der Waals surface area contributed by atoms with Crippen molar-refractivity contribution in [2.45, 2.75) is 66.2 Å². The second-order valence-corrected chi connectivity index (χ2v) is 5.36. The van der Waals surface area contributed by atoms with Crippen LogP contribution in [0.15, 0.2) is 0 Å². The van der Waals surface area contributed by atoms with E-state index in [0.717, 1.165) is 6.42 Å². The van der Waals surface area contributed by atoms with E-state index < -0.39 is 5.97 Å². The van der Waals surface area contributed by atoms with Gasteiger partial charge in [0.1, 0.15) is 0 Å². The number of aliphatic carboxylic acids is 1. The van der Waals surface area contributed by atoms with Crippen LogP contribution in [0, 0.1) is 11.3 Å². The van der Waals surface area contributed by atoms with Crippen LogP contribution in [-0.4, -0.2) is 11.1 Å². The average molecular weight is 214 g/mol. The largest absolute Gasteiger partial charge is 0.481 e. The van der Waals surface area contributed by atoms with Gasteiger partial charge in [-0.25, -0.2) is 0 Å². The van der Waals surface area contributed by atoms with E-state index in [1.165, 1.54) is 25.7 Å². The molecule has 1 N–H and O–H groups in total. The number of rotatable bonds is 8. The molecule has 90 valence electrons. The predicted molar refractivity (Wildman–Crippen MR) is 64.0 cm³/mol. The van der Waals surface area contributed by atoms with E-state index in [1.807, 2.05) is 0 Å². The third kappa shape index (κ3) is 7.40. The van der Waals surface area contributed by atoms with Gasteiger partial charge in [-0.1, -0.05) is 53.4 Å². The molecule has 0 aliphatic rings. The van der Waals surface area contributed by atoms with Crippen LogP contribution in [-0.2, 0) is 4.79 Å². The quantitative estimate of drug-likeness (QED) is 0.660. The Labute approximate surface area is 94.1 Å². The number of carboxylic acids is 1. The van der Waals surface area contributed by atoms with Crippen molar-refractivity contribution < 1.29 is 9.90 Å². The Hall–Kier alpha value is -0.530. The fourth-order valence-corrected chi connectivity index (χ4v) is 2.21. The lowest BCUT2D eigenvalue weighted by molar-refractivity contribution is -0.139. The molecule has 2 heteroatoms. The molecule has 0 aromatic heterocycles. The molecule has 0 aromatic rings. The summed E-state index contributed by atoms with van der Waals surface area (Å²) >= 11 is 0. The van der Waals surface area contributed by atoms with Crippen molar-refractivity contribution in [3.63, 3.8) is 0 Å². The summed E-state index contributed by atoms with van der Waals surface area (Å²) in [4.78, 5) is 10.7. The van der Waals surface area contributed by atoms with Gasteiger partial charge in [-0.15, -0.1) is 0 Å². The lowest BCUT2D eigenvalue weighted by atomic mass is 9.78. The average Bonchev–Trinajstić information content (AvgIpc) is 2.09. The highest BCUT2D eigenvalue weighted by Gasteiger charge is 2.24. The van der Waals surface area contributed by atoms with Crippen molar-refractivity contribution in [1.82, 2.24) is 0 Å². The smallest absolute Gasteiger partial charge is 0.303 e. The first-order valence-corrected chi connectivity index (χ1v) is 6.13. The van der Waals surface area contributed by atoms with Gasteiger partial charge in [-0.05, 0) is 17.8 Å². The SMILES string of the molecule is CCCCC(CC)CC(C)(C)CC(=O)O. The highest BCUT2D eigenvalue weighted by Crippen LogP contribution is 2.32. The minimum absolute atomic E-state index is 0.0553. The number of hydrogen-bond acceptors (Lipinski definition) is 1. The number of carboxylic acid groups (broad SMARTS) is 1. The van der Waals surface area contributed by atoms with Crippen molar-refractivity contribution in [3.8, 4) is 0 Å². The lowest BCUT2D eigenvalue weighted by Gasteiger charge is -2.27. The molecule has 0 fully saturated rings. The van der Waals surface area contributed by atoms with E-state index in [1.54, 1.807) is 0 Å². The Morgan fingerprint density at radius 1 is 1.33 bits per heavy atom. The van der Waals surface area contributed by atoms with E-state index in [9.17, 15) is 4.79 Å². The molecule has 0 saturated heterocycles. The summed E-state index contributed by atoms with van der Waals surface area (Å²) in [5, 5.41) is 8.81. The first-order chi connectivity index (χ1) is 6.91. The van der Waals surface area contributed by atoms with Gasteiger partial charge >= 0.3 is 5.97 Å². The Morgan fingerprint density at radius 2 is 1.93 bits per heavy atom. The zero-order valence-electron chi connectivity index (χ0n) is 10.7. The third-order valence-corrected chi connectivity index (χ3v) is 3.01. The van der Waals surface area contributed by atoms with E-state index in [0.29, 0.717) is 5.92 Å². The first-order valence-electron chi connectivity index (χ1n) is 6.13. The van der Waals surface area contributed by atoms with Crippen molar-refractivity contribution in [3.05, 3.63) is 0 Å². The topological polar surface area (TPSA) is 37.3 Å². The monoisotopic (exact) mass is 214 g/mol. The molecule has 0 spiro atoms. The Morgan fingerprint density at radius 3 is 2.33 bits per heavy atom. The van der Waals surface area contributed by atoms with Crippen LogP contribution in [0.5, 0.6) is 0 Å². The summed E-state index contributed by atoms with van der Waals surface area (Å²) in [6.07, 6.45) is 6.24. The molecular weight excluding hydrogens is 188 g/mol. The maximum atomic E-state index is 10.7. The summed E-state index contributed by atoms with van der Waals surface area (Å²) in [6.45, 7) is 8.54. The fourth-order valence-electron chi connectivity index (χ4n) is 2.21. The minimum Gasteiger partial charge on any atom is -0.481 e. The van der Waals surface area contributed by atoms with Crippen LogP contribution in [0.1, 0.15) is 66.2 Å². The van der Waals surface area contributed by atoms with Gasteiger partial charge in [-0.2, -0.15) is 0 Å². The maximum absolute atomic E-state index is 10.7. The highest BCUT2D eigenvalue weighted by atomic mass is 16.4.